The topological polar surface area (TPSA) is 61.1 Å². The lowest BCUT2D eigenvalue weighted by Gasteiger charge is -2.23. The number of carbonyl (C=O) groups excluding carboxylic acids is 1. The predicted molar refractivity (Wildman–Crippen MR) is 110 cm³/mol. The molecule has 1 heterocycles. The molecule has 3 aromatic rings. The van der Waals surface area contributed by atoms with Gasteiger partial charge in [-0.15, -0.1) is 0 Å². The predicted octanol–water partition coefficient (Wildman–Crippen LogP) is 4.80. The summed E-state index contributed by atoms with van der Waals surface area (Å²) in [6.07, 6.45) is 1.58. The first-order valence-electron chi connectivity index (χ1n) is 8.91. The molecule has 0 saturated carbocycles. The van der Waals surface area contributed by atoms with Gasteiger partial charge >= 0.3 is 0 Å². The van der Waals surface area contributed by atoms with E-state index in [9.17, 15) is 4.79 Å². The Bertz CT molecular complexity index is 946. The Labute approximate surface area is 174 Å². The number of furan rings is 1. The van der Waals surface area contributed by atoms with Crippen molar-refractivity contribution in [3.63, 3.8) is 0 Å². The normalized spacial score (nSPS) is 10.5. The summed E-state index contributed by atoms with van der Waals surface area (Å²) in [5.74, 6) is 1.72. The molecule has 0 aliphatic rings. The lowest BCUT2D eigenvalue weighted by atomic mass is 10.1. The fourth-order valence-electron chi connectivity index (χ4n) is 3.03. The summed E-state index contributed by atoms with van der Waals surface area (Å²) < 4.78 is 21.5. The third-order valence-corrected chi connectivity index (χ3v) is 4.62. The summed E-state index contributed by atoms with van der Waals surface area (Å²) in [5, 5.41) is 0.612. The second-order valence-electron chi connectivity index (χ2n) is 6.28. The number of rotatable bonds is 8. The van der Waals surface area contributed by atoms with Crippen molar-refractivity contribution >= 4 is 17.5 Å². The van der Waals surface area contributed by atoms with Crippen LogP contribution < -0.4 is 14.2 Å². The molecule has 29 heavy (non-hydrogen) atoms. The van der Waals surface area contributed by atoms with E-state index in [1.54, 1.807) is 35.4 Å². The number of nitrogens with zero attached hydrogens (tertiary/aromatic N) is 1. The maximum atomic E-state index is 13.4. The van der Waals surface area contributed by atoms with Crippen molar-refractivity contribution in [2.24, 2.45) is 0 Å². The van der Waals surface area contributed by atoms with E-state index >= 15 is 0 Å². The maximum Gasteiger partial charge on any atom is 0.254 e. The Morgan fingerprint density at radius 1 is 0.966 bits per heavy atom. The van der Waals surface area contributed by atoms with Crippen molar-refractivity contribution in [1.29, 1.82) is 0 Å². The number of benzene rings is 2. The van der Waals surface area contributed by atoms with Gasteiger partial charge in [0.15, 0.2) is 11.5 Å². The third kappa shape index (κ3) is 4.84. The molecule has 1 amide bonds. The van der Waals surface area contributed by atoms with Gasteiger partial charge in [0.05, 0.1) is 34.1 Å². The fraction of sp³-hybridized carbons (Fsp3) is 0.227. The van der Waals surface area contributed by atoms with Gasteiger partial charge in [-0.3, -0.25) is 4.79 Å². The zero-order chi connectivity index (χ0) is 20.8. The van der Waals surface area contributed by atoms with Crippen LogP contribution in [0.25, 0.3) is 0 Å². The van der Waals surface area contributed by atoms with E-state index in [0.717, 1.165) is 5.56 Å². The molecule has 2 aromatic carbocycles. The Hall–Kier alpha value is -3.12. The molecule has 0 fully saturated rings. The van der Waals surface area contributed by atoms with Gasteiger partial charge in [0.1, 0.15) is 5.76 Å². The Kier molecular flexibility index (Phi) is 6.67. The molecule has 7 heteroatoms. The van der Waals surface area contributed by atoms with Crippen molar-refractivity contribution in [3.8, 4) is 17.2 Å². The molecule has 0 bridgehead atoms. The molecule has 0 atom stereocenters. The average molecular weight is 416 g/mol. The highest BCUT2D eigenvalue weighted by atomic mass is 35.5. The molecule has 3 rings (SSSR count). The van der Waals surface area contributed by atoms with Crippen LogP contribution >= 0.6 is 11.6 Å². The largest absolute Gasteiger partial charge is 0.493 e. The van der Waals surface area contributed by atoms with E-state index in [1.165, 1.54) is 21.3 Å². The lowest BCUT2D eigenvalue weighted by Crippen LogP contribution is -2.30. The molecular weight excluding hydrogens is 394 g/mol. The standard InChI is InChI=1S/C22H22ClNO5/c1-26-19-11-16(12-20(27-2)21(19)28-3)22(25)24(14-18-8-5-9-29-18)13-15-6-4-7-17(23)10-15/h4-12H,13-14H2,1-3H3. The summed E-state index contributed by atoms with van der Waals surface area (Å²) in [6.45, 7) is 0.658. The number of carbonyl (C=O) groups is 1. The van der Waals surface area contributed by atoms with E-state index in [0.29, 0.717) is 46.7 Å². The van der Waals surface area contributed by atoms with Crippen LogP contribution in [0.15, 0.2) is 59.2 Å². The average Bonchev–Trinajstić information content (AvgIpc) is 3.24. The highest BCUT2D eigenvalue weighted by Crippen LogP contribution is 2.38. The van der Waals surface area contributed by atoms with Gasteiger partial charge in [0.2, 0.25) is 5.75 Å². The summed E-state index contributed by atoms with van der Waals surface area (Å²) in [7, 11) is 4.54. The van der Waals surface area contributed by atoms with Crippen LogP contribution in [0.2, 0.25) is 5.02 Å². The summed E-state index contributed by atoms with van der Waals surface area (Å²) in [6, 6.07) is 14.3. The fourth-order valence-corrected chi connectivity index (χ4v) is 3.25. The van der Waals surface area contributed by atoms with Gasteiger partial charge in [-0.1, -0.05) is 23.7 Å². The van der Waals surface area contributed by atoms with Crippen LogP contribution in [0.1, 0.15) is 21.7 Å². The Balaban J connectivity index is 1.97. The number of hydrogen-bond donors (Lipinski definition) is 0. The number of methoxy groups -OCH3 is 3. The summed E-state index contributed by atoms with van der Waals surface area (Å²) in [5.41, 5.74) is 1.32. The van der Waals surface area contributed by atoms with Gasteiger partial charge < -0.3 is 23.5 Å². The van der Waals surface area contributed by atoms with Crippen LogP contribution in [0.3, 0.4) is 0 Å². The molecule has 0 saturated heterocycles. The minimum absolute atomic E-state index is 0.208. The van der Waals surface area contributed by atoms with Crippen LogP contribution in [-0.2, 0) is 13.1 Å². The second kappa shape index (κ2) is 9.39. The molecule has 0 radical (unpaired) electrons. The quantitative estimate of drug-likeness (QED) is 0.528. The van der Waals surface area contributed by atoms with Gasteiger partial charge in [-0.05, 0) is 42.0 Å². The van der Waals surface area contributed by atoms with Gasteiger partial charge in [0, 0.05) is 17.1 Å². The first-order valence-corrected chi connectivity index (χ1v) is 9.29. The third-order valence-electron chi connectivity index (χ3n) is 4.39. The van der Waals surface area contributed by atoms with E-state index < -0.39 is 0 Å². The van der Waals surface area contributed by atoms with E-state index in [-0.39, 0.29) is 5.91 Å². The van der Waals surface area contributed by atoms with Crippen molar-refractivity contribution in [1.82, 2.24) is 4.90 Å². The Morgan fingerprint density at radius 3 is 2.24 bits per heavy atom. The molecule has 0 aliphatic carbocycles. The smallest absolute Gasteiger partial charge is 0.254 e. The van der Waals surface area contributed by atoms with Crippen LogP contribution in [-0.4, -0.2) is 32.1 Å². The SMILES string of the molecule is COc1cc(C(=O)N(Cc2cccc(Cl)c2)Cc2ccco2)cc(OC)c1OC. The van der Waals surface area contributed by atoms with Crippen molar-refractivity contribution in [3.05, 3.63) is 76.7 Å². The number of ether oxygens (including phenoxy) is 3. The van der Waals surface area contributed by atoms with E-state index in [4.69, 9.17) is 30.2 Å². The maximum absolute atomic E-state index is 13.4. The van der Waals surface area contributed by atoms with E-state index in [2.05, 4.69) is 0 Å². The zero-order valence-electron chi connectivity index (χ0n) is 16.5. The molecule has 1 aromatic heterocycles. The molecule has 152 valence electrons. The summed E-state index contributed by atoms with van der Waals surface area (Å²) >= 11 is 6.11. The number of amides is 1. The number of hydrogen-bond acceptors (Lipinski definition) is 5. The van der Waals surface area contributed by atoms with Crippen LogP contribution in [0.4, 0.5) is 0 Å². The van der Waals surface area contributed by atoms with Crippen LogP contribution in [0, 0.1) is 0 Å². The molecule has 6 nitrogen and oxygen atoms in total. The first kappa shape index (κ1) is 20.6. The molecule has 0 N–H and O–H groups in total. The first-order chi connectivity index (χ1) is 14.0. The van der Waals surface area contributed by atoms with Gasteiger partial charge in [-0.25, -0.2) is 0 Å². The van der Waals surface area contributed by atoms with E-state index in [1.807, 2.05) is 24.3 Å². The molecule has 0 unspecified atom stereocenters. The van der Waals surface area contributed by atoms with Crippen LogP contribution in [0.5, 0.6) is 17.2 Å². The van der Waals surface area contributed by atoms with Gasteiger partial charge in [0.25, 0.3) is 5.91 Å². The van der Waals surface area contributed by atoms with Crippen molar-refractivity contribution < 1.29 is 23.4 Å². The molecule has 0 spiro atoms. The molecule has 0 aliphatic heterocycles. The minimum Gasteiger partial charge on any atom is -0.493 e. The lowest BCUT2D eigenvalue weighted by molar-refractivity contribution is 0.0717. The summed E-state index contributed by atoms with van der Waals surface area (Å²) in [4.78, 5) is 15.1. The number of halogens is 1. The zero-order valence-corrected chi connectivity index (χ0v) is 17.2. The Morgan fingerprint density at radius 2 is 1.69 bits per heavy atom. The van der Waals surface area contributed by atoms with Crippen molar-refractivity contribution in [2.45, 2.75) is 13.1 Å². The van der Waals surface area contributed by atoms with Gasteiger partial charge in [-0.2, -0.15) is 0 Å². The second-order valence-corrected chi connectivity index (χ2v) is 6.72. The van der Waals surface area contributed by atoms with Crippen molar-refractivity contribution in [2.75, 3.05) is 21.3 Å². The highest BCUT2D eigenvalue weighted by Gasteiger charge is 2.22. The minimum atomic E-state index is -0.208. The monoisotopic (exact) mass is 415 g/mol. The molecular formula is C22H22ClNO5. The highest BCUT2D eigenvalue weighted by molar-refractivity contribution is 6.30.